The first-order chi connectivity index (χ1) is 10.0. The second-order valence-electron chi connectivity index (χ2n) is 6.65. The first-order valence-electron chi connectivity index (χ1n) is 8.02. The van der Waals surface area contributed by atoms with E-state index in [1.54, 1.807) is 6.92 Å². The Hall–Kier alpha value is -1.51. The molecule has 0 aliphatic carbocycles. The molecule has 0 spiro atoms. The van der Waals surface area contributed by atoms with Gasteiger partial charge < -0.3 is 14.4 Å². The molecule has 0 saturated heterocycles. The van der Waals surface area contributed by atoms with Crippen LogP contribution < -0.4 is 9.64 Å². The normalized spacial score (nSPS) is 27.0. The topological polar surface area (TPSA) is 29.5 Å². The Morgan fingerprint density at radius 2 is 2.10 bits per heavy atom. The maximum Gasteiger partial charge on any atom is 0.129 e. The minimum atomic E-state index is 0.285. The number of ketones is 1. The van der Waals surface area contributed by atoms with Gasteiger partial charge >= 0.3 is 0 Å². The lowest BCUT2D eigenvalue weighted by Crippen LogP contribution is -2.27. The highest BCUT2D eigenvalue weighted by molar-refractivity contribution is 5.76. The van der Waals surface area contributed by atoms with Gasteiger partial charge in [0.05, 0.1) is 6.61 Å². The fourth-order valence-electron chi connectivity index (χ4n) is 3.90. The minimum Gasteiger partial charge on any atom is -0.493 e. The van der Waals surface area contributed by atoms with Gasteiger partial charge in [0.25, 0.3) is 0 Å². The van der Waals surface area contributed by atoms with E-state index < -0.39 is 0 Å². The highest BCUT2D eigenvalue weighted by Crippen LogP contribution is 2.50. The van der Waals surface area contributed by atoms with Gasteiger partial charge in [-0.3, -0.25) is 0 Å². The molecule has 1 aromatic rings. The number of rotatable bonds is 3. The summed E-state index contributed by atoms with van der Waals surface area (Å²) in [5, 5.41) is 0. The van der Waals surface area contributed by atoms with E-state index in [0.717, 1.165) is 25.2 Å². The van der Waals surface area contributed by atoms with Crippen LogP contribution in [0.3, 0.4) is 0 Å². The molecule has 0 radical (unpaired) electrons. The average Bonchev–Trinajstić information content (AvgIpc) is 2.69. The Morgan fingerprint density at radius 1 is 1.33 bits per heavy atom. The summed E-state index contributed by atoms with van der Waals surface area (Å²) in [5.74, 6) is 2.32. The highest BCUT2D eigenvalue weighted by atomic mass is 16.5. The zero-order chi connectivity index (χ0) is 15.1. The van der Waals surface area contributed by atoms with Gasteiger partial charge in [0.15, 0.2) is 0 Å². The third kappa shape index (κ3) is 2.33. The van der Waals surface area contributed by atoms with E-state index in [4.69, 9.17) is 4.74 Å². The van der Waals surface area contributed by atoms with Crippen molar-refractivity contribution in [2.24, 2.45) is 0 Å². The van der Waals surface area contributed by atoms with Crippen molar-refractivity contribution in [2.45, 2.75) is 57.9 Å². The second-order valence-corrected chi connectivity index (χ2v) is 6.65. The number of ether oxygens (including phenoxy) is 1. The molecule has 3 atom stereocenters. The molecule has 0 saturated carbocycles. The predicted molar refractivity (Wildman–Crippen MR) is 85.5 cm³/mol. The van der Waals surface area contributed by atoms with Crippen molar-refractivity contribution >= 4 is 11.5 Å². The van der Waals surface area contributed by atoms with E-state index in [1.165, 1.54) is 16.8 Å². The first-order valence-corrected chi connectivity index (χ1v) is 8.02. The van der Waals surface area contributed by atoms with E-state index in [1.807, 2.05) is 0 Å². The molecule has 0 bridgehead atoms. The number of hydrogen-bond acceptors (Lipinski definition) is 3. The molecule has 114 valence electrons. The molecule has 2 aliphatic rings. The quantitative estimate of drug-likeness (QED) is 0.845. The first kappa shape index (κ1) is 14.4. The summed E-state index contributed by atoms with van der Waals surface area (Å²) in [6.45, 7) is 7.07. The second kappa shape index (κ2) is 5.36. The molecule has 0 aromatic heterocycles. The summed E-state index contributed by atoms with van der Waals surface area (Å²) < 4.78 is 5.88. The highest BCUT2D eigenvalue weighted by Gasteiger charge is 2.38. The van der Waals surface area contributed by atoms with Crippen LogP contribution in [0, 0.1) is 0 Å². The Kier molecular flexibility index (Phi) is 3.68. The summed E-state index contributed by atoms with van der Waals surface area (Å²) in [5.41, 5.74) is 4.16. The summed E-state index contributed by atoms with van der Waals surface area (Å²) in [4.78, 5) is 13.8. The Labute approximate surface area is 127 Å². The number of nitrogens with zero attached hydrogens (tertiary/aromatic N) is 1. The SMILES string of the molecule is CC(=O)CCC1c2c(ccc3c2C(C)CCO3)N(C)C1C. The molecule has 0 fully saturated rings. The number of hydrogen-bond donors (Lipinski definition) is 0. The van der Waals surface area contributed by atoms with Crippen molar-refractivity contribution in [1.82, 2.24) is 0 Å². The molecule has 3 nitrogen and oxygen atoms in total. The third-order valence-electron chi connectivity index (χ3n) is 5.28. The lowest BCUT2D eigenvalue weighted by molar-refractivity contribution is -0.117. The van der Waals surface area contributed by atoms with Crippen LogP contribution in [0.5, 0.6) is 5.75 Å². The van der Waals surface area contributed by atoms with E-state index in [0.29, 0.717) is 24.3 Å². The van der Waals surface area contributed by atoms with Crippen LogP contribution in [0.1, 0.15) is 63.0 Å². The number of carbonyl (C=O) groups is 1. The van der Waals surface area contributed by atoms with Gasteiger partial charge in [-0.2, -0.15) is 0 Å². The molecule has 0 N–H and O–H groups in total. The van der Waals surface area contributed by atoms with E-state index in [2.05, 4.69) is 37.9 Å². The lowest BCUT2D eigenvalue weighted by Gasteiger charge is -2.27. The molecule has 0 amide bonds. The number of anilines is 1. The van der Waals surface area contributed by atoms with Crippen LogP contribution in [0.4, 0.5) is 5.69 Å². The maximum atomic E-state index is 11.4. The Balaban J connectivity index is 2.06. The van der Waals surface area contributed by atoms with Crippen molar-refractivity contribution in [1.29, 1.82) is 0 Å². The van der Waals surface area contributed by atoms with E-state index in [-0.39, 0.29) is 5.78 Å². The number of Topliss-reactive ketones (excluding diaryl/α,β-unsaturated/α-hetero) is 1. The molecule has 3 heteroatoms. The summed E-state index contributed by atoms with van der Waals surface area (Å²) in [6.07, 6.45) is 2.69. The molecule has 3 unspecified atom stereocenters. The smallest absolute Gasteiger partial charge is 0.129 e. The van der Waals surface area contributed by atoms with Crippen molar-refractivity contribution in [3.8, 4) is 5.75 Å². The average molecular weight is 287 g/mol. The molecule has 21 heavy (non-hydrogen) atoms. The molecular weight excluding hydrogens is 262 g/mol. The van der Waals surface area contributed by atoms with Crippen LogP contribution >= 0.6 is 0 Å². The van der Waals surface area contributed by atoms with Crippen LogP contribution in [0.2, 0.25) is 0 Å². The summed E-state index contributed by atoms with van der Waals surface area (Å²) >= 11 is 0. The van der Waals surface area contributed by atoms with E-state index in [9.17, 15) is 4.79 Å². The number of carbonyl (C=O) groups excluding carboxylic acids is 1. The van der Waals surface area contributed by atoms with Crippen molar-refractivity contribution in [3.05, 3.63) is 23.3 Å². The fourth-order valence-corrected chi connectivity index (χ4v) is 3.90. The fraction of sp³-hybridized carbons (Fsp3) is 0.611. The number of likely N-dealkylation sites (N-methyl/N-ethyl adjacent to an activating group) is 1. The van der Waals surface area contributed by atoms with Crippen LogP contribution in [0.25, 0.3) is 0 Å². The monoisotopic (exact) mass is 287 g/mol. The van der Waals surface area contributed by atoms with Crippen molar-refractivity contribution in [3.63, 3.8) is 0 Å². The number of benzene rings is 1. The summed E-state index contributed by atoms with van der Waals surface area (Å²) in [7, 11) is 2.16. The van der Waals surface area contributed by atoms with Gasteiger partial charge in [-0.1, -0.05) is 6.92 Å². The zero-order valence-corrected chi connectivity index (χ0v) is 13.5. The van der Waals surface area contributed by atoms with Gasteiger partial charge in [-0.25, -0.2) is 0 Å². The maximum absolute atomic E-state index is 11.4. The lowest BCUT2D eigenvalue weighted by atomic mass is 9.82. The molecule has 2 aliphatic heterocycles. The zero-order valence-electron chi connectivity index (χ0n) is 13.5. The predicted octanol–water partition coefficient (Wildman–Crippen LogP) is 3.86. The van der Waals surface area contributed by atoms with Gasteiger partial charge in [-0.15, -0.1) is 0 Å². The Morgan fingerprint density at radius 3 is 2.81 bits per heavy atom. The molecule has 3 rings (SSSR count). The number of fused-ring (bicyclic) bond motifs is 3. The standard InChI is InChI=1S/C18H25NO2/c1-11-9-10-21-16-8-7-15-18(17(11)16)14(6-5-12(2)20)13(3)19(15)4/h7-8,11,13-14H,5-6,9-10H2,1-4H3. The van der Waals surface area contributed by atoms with Crippen LogP contribution in [-0.4, -0.2) is 25.5 Å². The summed E-state index contributed by atoms with van der Waals surface area (Å²) in [6, 6.07) is 4.76. The van der Waals surface area contributed by atoms with Gasteiger partial charge in [0, 0.05) is 36.7 Å². The van der Waals surface area contributed by atoms with Gasteiger partial charge in [0.1, 0.15) is 11.5 Å². The molecule has 1 aromatic carbocycles. The van der Waals surface area contributed by atoms with Crippen molar-refractivity contribution in [2.75, 3.05) is 18.6 Å². The molecular formula is C18H25NO2. The van der Waals surface area contributed by atoms with Crippen LogP contribution in [0.15, 0.2) is 12.1 Å². The van der Waals surface area contributed by atoms with Crippen molar-refractivity contribution < 1.29 is 9.53 Å². The van der Waals surface area contributed by atoms with Gasteiger partial charge in [0.2, 0.25) is 0 Å². The van der Waals surface area contributed by atoms with E-state index >= 15 is 0 Å². The Bertz CT molecular complexity index is 567. The minimum absolute atomic E-state index is 0.285. The third-order valence-corrected chi connectivity index (χ3v) is 5.28. The molecule has 2 heterocycles. The van der Waals surface area contributed by atoms with Crippen LogP contribution in [-0.2, 0) is 4.79 Å². The largest absolute Gasteiger partial charge is 0.493 e. The van der Waals surface area contributed by atoms with Gasteiger partial charge in [-0.05, 0) is 50.3 Å².